The second kappa shape index (κ2) is 5.55. The third-order valence-corrected chi connectivity index (χ3v) is 3.69. The number of aromatic nitrogens is 2. The minimum atomic E-state index is -0.429. The van der Waals surface area contributed by atoms with E-state index in [1.54, 1.807) is 11.2 Å². The van der Waals surface area contributed by atoms with Crippen molar-refractivity contribution in [2.45, 2.75) is 25.8 Å². The Balaban J connectivity index is 1.77. The highest BCUT2D eigenvalue weighted by atomic mass is 19.1. The number of H-pyrrole nitrogens is 1. The fraction of sp³-hybridized carbons (Fsp3) is 0.333. The van der Waals surface area contributed by atoms with Crippen LogP contribution in [0, 0.1) is 5.82 Å². The number of fused-ring (bicyclic) bond motifs is 1. The maximum absolute atomic E-state index is 12.9. The van der Waals surface area contributed by atoms with Crippen LogP contribution in [0.15, 0.2) is 30.6 Å². The summed E-state index contributed by atoms with van der Waals surface area (Å²) in [6.07, 6.45) is 2.71. The van der Waals surface area contributed by atoms with Crippen molar-refractivity contribution in [3.63, 3.8) is 0 Å². The van der Waals surface area contributed by atoms with Gasteiger partial charge in [-0.2, -0.15) is 0 Å². The summed E-state index contributed by atoms with van der Waals surface area (Å²) >= 11 is 0. The molecular weight excluding hydrogens is 273 g/mol. The lowest BCUT2D eigenvalue weighted by Crippen LogP contribution is -2.41. The molecule has 0 saturated carbocycles. The highest BCUT2D eigenvalue weighted by molar-refractivity contribution is 5.71. The van der Waals surface area contributed by atoms with E-state index in [4.69, 9.17) is 4.74 Å². The summed E-state index contributed by atoms with van der Waals surface area (Å²) in [7, 11) is 0. The van der Waals surface area contributed by atoms with Crippen LogP contribution in [0.4, 0.5) is 9.18 Å². The van der Waals surface area contributed by atoms with Crippen molar-refractivity contribution in [3.05, 3.63) is 47.8 Å². The van der Waals surface area contributed by atoms with Crippen molar-refractivity contribution in [1.82, 2.24) is 14.9 Å². The zero-order valence-electron chi connectivity index (χ0n) is 11.7. The van der Waals surface area contributed by atoms with Crippen LogP contribution >= 0.6 is 0 Å². The number of hydrogen-bond donors (Lipinski definition) is 1. The summed E-state index contributed by atoms with van der Waals surface area (Å²) in [4.78, 5) is 21.4. The van der Waals surface area contributed by atoms with E-state index in [0.717, 1.165) is 24.2 Å². The molecule has 0 fully saturated rings. The summed E-state index contributed by atoms with van der Waals surface area (Å²) in [6, 6.07) is 5.33. The average molecular weight is 289 g/mol. The lowest BCUT2D eigenvalue weighted by Gasteiger charge is -2.33. The van der Waals surface area contributed by atoms with E-state index in [0.29, 0.717) is 12.3 Å². The van der Waals surface area contributed by atoms with Crippen LogP contribution in [-0.4, -0.2) is 27.5 Å². The van der Waals surface area contributed by atoms with Crippen LogP contribution in [0.3, 0.4) is 0 Å². The summed E-state index contributed by atoms with van der Waals surface area (Å²) in [5.74, 6) is -0.0237. The average Bonchev–Trinajstić information content (AvgIpc) is 2.97. The van der Waals surface area contributed by atoms with Crippen LogP contribution in [-0.2, 0) is 6.42 Å². The smallest absolute Gasteiger partial charge is 0.410 e. The van der Waals surface area contributed by atoms with Crippen LogP contribution < -0.4 is 4.74 Å². The first-order valence-electron chi connectivity index (χ1n) is 6.95. The third-order valence-electron chi connectivity index (χ3n) is 3.69. The fourth-order valence-corrected chi connectivity index (χ4v) is 2.65. The lowest BCUT2D eigenvalue weighted by molar-refractivity contribution is 0.123. The minimum absolute atomic E-state index is 0.0899. The Labute approximate surface area is 121 Å². The number of nitrogens with zero attached hydrogens (tertiary/aromatic N) is 2. The van der Waals surface area contributed by atoms with Gasteiger partial charge in [0.2, 0.25) is 0 Å². The van der Waals surface area contributed by atoms with Gasteiger partial charge in [0, 0.05) is 18.7 Å². The van der Waals surface area contributed by atoms with Crippen molar-refractivity contribution in [2.24, 2.45) is 0 Å². The number of halogens is 1. The number of benzene rings is 1. The number of ether oxygens (including phenoxy) is 1. The monoisotopic (exact) mass is 289 g/mol. The zero-order chi connectivity index (χ0) is 14.8. The number of imidazole rings is 1. The van der Waals surface area contributed by atoms with Crippen molar-refractivity contribution in [1.29, 1.82) is 0 Å². The summed E-state index contributed by atoms with van der Waals surface area (Å²) in [6.45, 7) is 2.58. The fourth-order valence-electron chi connectivity index (χ4n) is 2.65. The highest BCUT2D eigenvalue weighted by Crippen LogP contribution is 2.30. The highest BCUT2D eigenvalue weighted by Gasteiger charge is 2.32. The summed E-state index contributed by atoms with van der Waals surface area (Å²) in [5.41, 5.74) is 1.98. The Kier molecular flexibility index (Phi) is 3.60. The first kappa shape index (κ1) is 13.6. The van der Waals surface area contributed by atoms with Crippen molar-refractivity contribution < 1.29 is 13.9 Å². The van der Waals surface area contributed by atoms with Crippen molar-refractivity contribution in [3.8, 4) is 5.75 Å². The molecule has 1 aromatic carbocycles. The van der Waals surface area contributed by atoms with Gasteiger partial charge in [-0.05, 0) is 30.7 Å². The van der Waals surface area contributed by atoms with Crippen molar-refractivity contribution >= 4 is 6.09 Å². The van der Waals surface area contributed by atoms with E-state index in [9.17, 15) is 9.18 Å². The first-order chi connectivity index (χ1) is 10.2. The van der Waals surface area contributed by atoms with Gasteiger partial charge in [0.15, 0.2) is 0 Å². The van der Waals surface area contributed by atoms with E-state index in [1.807, 2.05) is 6.92 Å². The molecule has 0 aliphatic carbocycles. The lowest BCUT2D eigenvalue weighted by atomic mass is 10.0. The molecule has 1 unspecified atom stereocenters. The van der Waals surface area contributed by atoms with Gasteiger partial charge in [-0.15, -0.1) is 0 Å². The topological polar surface area (TPSA) is 58.2 Å². The van der Waals surface area contributed by atoms with E-state index in [2.05, 4.69) is 9.97 Å². The predicted octanol–water partition coefficient (Wildman–Crippen LogP) is 3.06. The molecule has 0 spiro atoms. The number of hydrogen-bond acceptors (Lipinski definition) is 3. The molecule has 6 heteroatoms. The molecule has 1 atom stereocenters. The number of carbonyl (C=O) groups excluding carboxylic acids is 1. The molecule has 1 aromatic heterocycles. The van der Waals surface area contributed by atoms with Gasteiger partial charge in [-0.1, -0.05) is 6.92 Å². The maximum Gasteiger partial charge on any atom is 0.415 e. The molecule has 0 bridgehead atoms. The van der Waals surface area contributed by atoms with Gasteiger partial charge in [0.1, 0.15) is 11.6 Å². The Morgan fingerprint density at radius 2 is 2.24 bits per heavy atom. The number of amides is 1. The minimum Gasteiger partial charge on any atom is -0.410 e. The first-order valence-corrected chi connectivity index (χ1v) is 6.95. The van der Waals surface area contributed by atoms with Gasteiger partial charge in [0.05, 0.1) is 18.1 Å². The quantitative estimate of drug-likeness (QED) is 0.924. The molecule has 1 aliphatic heterocycles. The molecule has 1 N–H and O–H groups in total. The largest absolute Gasteiger partial charge is 0.415 e. The summed E-state index contributed by atoms with van der Waals surface area (Å²) in [5, 5.41) is 0. The van der Waals surface area contributed by atoms with Gasteiger partial charge < -0.3 is 9.72 Å². The zero-order valence-corrected chi connectivity index (χ0v) is 11.7. The van der Waals surface area contributed by atoms with Crippen LogP contribution in [0.1, 0.15) is 30.8 Å². The second-order valence-corrected chi connectivity index (χ2v) is 4.96. The SMILES string of the molecule is CCC1c2nc[nH]c2CCN1C(=O)Oc1ccc(F)cc1. The summed E-state index contributed by atoms with van der Waals surface area (Å²) < 4.78 is 18.2. The van der Waals surface area contributed by atoms with Gasteiger partial charge in [0.25, 0.3) is 0 Å². The predicted molar refractivity (Wildman–Crippen MR) is 74.5 cm³/mol. The van der Waals surface area contributed by atoms with Crippen LogP contribution in [0.2, 0.25) is 0 Å². The van der Waals surface area contributed by atoms with E-state index < -0.39 is 6.09 Å². The molecule has 1 amide bonds. The normalized spacial score (nSPS) is 17.4. The molecule has 3 rings (SSSR count). The Hall–Kier alpha value is -2.37. The molecule has 2 heterocycles. The van der Waals surface area contributed by atoms with E-state index in [-0.39, 0.29) is 11.9 Å². The molecule has 110 valence electrons. The van der Waals surface area contributed by atoms with E-state index in [1.165, 1.54) is 24.3 Å². The molecule has 21 heavy (non-hydrogen) atoms. The molecule has 1 aliphatic rings. The Bertz CT molecular complexity index is 639. The molecule has 5 nitrogen and oxygen atoms in total. The second-order valence-electron chi connectivity index (χ2n) is 4.96. The van der Waals surface area contributed by atoms with Gasteiger partial charge in [-0.25, -0.2) is 14.2 Å². The number of carbonyl (C=O) groups is 1. The Morgan fingerprint density at radius 3 is 2.95 bits per heavy atom. The molecular formula is C15H16FN3O2. The van der Waals surface area contributed by atoms with E-state index >= 15 is 0 Å². The standard InChI is InChI=1S/C15H16FN3O2/c1-2-13-14-12(17-9-18-14)7-8-19(13)15(20)21-11-5-3-10(16)4-6-11/h3-6,9,13H,2,7-8H2,1H3,(H,17,18). The molecule has 0 saturated heterocycles. The number of aromatic amines is 1. The van der Waals surface area contributed by atoms with Gasteiger partial charge >= 0.3 is 6.09 Å². The van der Waals surface area contributed by atoms with Crippen LogP contribution in [0.5, 0.6) is 5.75 Å². The molecule has 2 aromatic rings. The third kappa shape index (κ3) is 2.61. The number of nitrogens with one attached hydrogen (secondary N) is 1. The van der Waals surface area contributed by atoms with Crippen molar-refractivity contribution in [2.75, 3.05) is 6.54 Å². The van der Waals surface area contributed by atoms with Crippen LogP contribution in [0.25, 0.3) is 0 Å². The number of rotatable bonds is 2. The Morgan fingerprint density at radius 1 is 1.48 bits per heavy atom. The maximum atomic E-state index is 12.9. The van der Waals surface area contributed by atoms with Gasteiger partial charge in [-0.3, -0.25) is 4.90 Å². The molecule has 0 radical (unpaired) electrons.